The molecule has 0 N–H and O–H groups in total. The van der Waals surface area contributed by atoms with E-state index in [9.17, 15) is 4.55 Å². The SMILES string of the molecule is CC(C)(C)[S@@+]([O-])/N=C/c1cc(Br)cc(Br)c1. The van der Waals surface area contributed by atoms with Crippen molar-refractivity contribution in [3.8, 4) is 0 Å². The van der Waals surface area contributed by atoms with Crippen LogP contribution in [0.15, 0.2) is 31.5 Å². The van der Waals surface area contributed by atoms with Crippen molar-refractivity contribution in [3.63, 3.8) is 0 Å². The fourth-order valence-corrected chi connectivity index (χ4v) is 2.78. The van der Waals surface area contributed by atoms with Gasteiger partial charge < -0.3 is 4.55 Å². The summed E-state index contributed by atoms with van der Waals surface area (Å²) in [5.41, 5.74) is 0.916. The van der Waals surface area contributed by atoms with Gasteiger partial charge in [0.2, 0.25) is 0 Å². The van der Waals surface area contributed by atoms with Crippen LogP contribution >= 0.6 is 31.9 Å². The van der Waals surface area contributed by atoms with Crippen LogP contribution in [-0.4, -0.2) is 15.5 Å². The van der Waals surface area contributed by atoms with Crippen molar-refractivity contribution >= 4 is 49.4 Å². The van der Waals surface area contributed by atoms with Gasteiger partial charge in [0.25, 0.3) is 0 Å². The van der Waals surface area contributed by atoms with Gasteiger partial charge in [-0.3, -0.25) is 0 Å². The van der Waals surface area contributed by atoms with Gasteiger partial charge in [0, 0.05) is 8.95 Å². The Bertz CT molecular complexity index is 381. The van der Waals surface area contributed by atoms with E-state index in [-0.39, 0.29) is 4.75 Å². The predicted molar refractivity (Wildman–Crippen MR) is 77.3 cm³/mol. The topological polar surface area (TPSA) is 35.4 Å². The summed E-state index contributed by atoms with van der Waals surface area (Å²) in [6.07, 6.45) is 1.64. The van der Waals surface area contributed by atoms with Gasteiger partial charge in [0.15, 0.2) is 0 Å². The summed E-state index contributed by atoms with van der Waals surface area (Å²) < 4.78 is 17.4. The zero-order chi connectivity index (χ0) is 12.3. The maximum absolute atomic E-state index is 11.7. The molecule has 0 aliphatic heterocycles. The molecule has 0 amide bonds. The van der Waals surface area contributed by atoms with E-state index in [4.69, 9.17) is 0 Å². The van der Waals surface area contributed by atoms with Crippen molar-refractivity contribution in [2.45, 2.75) is 25.5 Å². The van der Waals surface area contributed by atoms with Crippen LogP contribution in [0, 0.1) is 0 Å². The Labute approximate surface area is 116 Å². The first kappa shape index (κ1) is 14.2. The van der Waals surface area contributed by atoms with Gasteiger partial charge in [0.05, 0.1) is 6.21 Å². The highest BCUT2D eigenvalue weighted by Crippen LogP contribution is 2.20. The number of nitrogens with zero attached hydrogens (tertiary/aromatic N) is 1. The van der Waals surface area contributed by atoms with Gasteiger partial charge in [-0.15, -0.1) is 0 Å². The highest BCUT2D eigenvalue weighted by molar-refractivity contribution is 9.11. The molecule has 1 aromatic carbocycles. The molecule has 0 spiro atoms. The fraction of sp³-hybridized carbons (Fsp3) is 0.364. The van der Waals surface area contributed by atoms with E-state index in [2.05, 4.69) is 36.3 Å². The van der Waals surface area contributed by atoms with Crippen LogP contribution in [0.1, 0.15) is 26.3 Å². The number of hydrogen-bond acceptors (Lipinski definition) is 2. The smallest absolute Gasteiger partial charge is 0.144 e. The zero-order valence-corrected chi connectivity index (χ0v) is 13.3. The summed E-state index contributed by atoms with van der Waals surface area (Å²) in [4.78, 5) is 0. The van der Waals surface area contributed by atoms with E-state index in [1.165, 1.54) is 0 Å². The van der Waals surface area contributed by atoms with Crippen LogP contribution in [0.5, 0.6) is 0 Å². The zero-order valence-electron chi connectivity index (χ0n) is 9.33. The molecular weight excluding hydrogens is 354 g/mol. The molecule has 88 valence electrons. The number of benzene rings is 1. The van der Waals surface area contributed by atoms with Crippen molar-refractivity contribution in [2.24, 2.45) is 4.40 Å². The molecule has 0 aliphatic carbocycles. The lowest BCUT2D eigenvalue weighted by Crippen LogP contribution is -2.25. The monoisotopic (exact) mass is 365 g/mol. The van der Waals surface area contributed by atoms with E-state index < -0.39 is 11.4 Å². The van der Waals surface area contributed by atoms with Gasteiger partial charge in [-0.2, -0.15) is 0 Å². The first-order chi connectivity index (χ1) is 7.29. The molecule has 0 saturated carbocycles. The molecule has 16 heavy (non-hydrogen) atoms. The summed E-state index contributed by atoms with van der Waals surface area (Å²) in [6.45, 7) is 5.70. The molecule has 1 aromatic rings. The van der Waals surface area contributed by atoms with Crippen LogP contribution in [0.25, 0.3) is 0 Å². The van der Waals surface area contributed by atoms with Gasteiger partial charge in [-0.25, -0.2) is 0 Å². The molecule has 0 unspecified atom stereocenters. The quantitative estimate of drug-likeness (QED) is 0.573. The average molecular weight is 367 g/mol. The fourth-order valence-electron chi connectivity index (χ4n) is 0.917. The summed E-state index contributed by atoms with van der Waals surface area (Å²) in [5, 5.41) is 0. The van der Waals surface area contributed by atoms with Crippen molar-refractivity contribution in [2.75, 3.05) is 0 Å². The molecule has 0 radical (unpaired) electrons. The molecule has 5 heteroatoms. The largest absolute Gasteiger partial charge is 0.591 e. The molecule has 0 aromatic heterocycles. The third-order valence-electron chi connectivity index (χ3n) is 1.71. The molecule has 0 heterocycles. The van der Waals surface area contributed by atoms with Crippen LogP contribution < -0.4 is 0 Å². The number of rotatable bonds is 2. The minimum Gasteiger partial charge on any atom is -0.591 e. The van der Waals surface area contributed by atoms with Crippen molar-refractivity contribution in [3.05, 3.63) is 32.7 Å². The Morgan fingerprint density at radius 1 is 1.19 bits per heavy atom. The normalized spacial score (nSPS) is 14.4. The molecule has 0 fully saturated rings. The molecule has 1 atom stereocenters. The molecule has 0 saturated heterocycles. The number of hydrogen-bond donors (Lipinski definition) is 0. The average Bonchev–Trinajstić information content (AvgIpc) is 2.11. The summed E-state index contributed by atoms with van der Waals surface area (Å²) in [7, 11) is 0. The van der Waals surface area contributed by atoms with Crippen molar-refractivity contribution < 1.29 is 4.55 Å². The Kier molecular flexibility index (Phi) is 5.04. The van der Waals surface area contributed by atoms with E-state index in [1.54, 1.807) is 6.21 Å². The Morgan fingerprint density at radius 3 is 2.12 bits per heavy atom. The second-order valence-electron chi connectivity index (χ2n) is 4.30. The third-order valence-corrected chi connectivity index (χ3v) is 3.97. The van der Waals surface area contributed by atoms with Gasteiger partial charge in [-0.05, 0) is 44.5 Å². The van der Waals surface area contributed by atoms with Gasteiger partial charge >= 0.3 is 0 Å². The predicted octanol–water partition coefficient (Wildman–Crippen LogP) is 4.09. The van der Waals surface area contributed by atoms with Gasteiger partial charge in [0.1, 0.15) is 16.1 Å². The second kappa shape index (κ2) is 5.67. The summed E-state index contributed by atoms with van der Waals surface area (Å²) in [5.74, 6) is 0. The molecule has 1 rings (SSSR count). The second-order valence-corrected chi connectivity index (χ2v) is 8.06. The van der Waals surface area contributed by atoms with Gasteiger partial charge in [-0.1, -0.05) is 36.3 Å². The standard InChI is InChI=1S/C11H13Br2NOS/c1-11(2,3)16(15)14-7-8-4-9(12)6-10(13)5-8/h4-7H,1-3H3/b14-7+/t16-/m1/s1. The summed E-state index contributed by atoms with van der Waals surface area (Å²) in [6, 6.07) is 5.79. The van der Waals surface area contributed by atoms with Crippen LogP contribution in [0.3, 0.4) is 0 Å². The molecule has 2 nitrogen and oxygen atoms in total. The van der Waals surface area contributed by atoms with Crippen molar-refractivity contribution in [1.82, 2.24) is 0 Å². The van der Waals surface area contributed by atoms with E-state index >= 15 is 0 Å². The minimum absolute atomic E-state index is 0.320. The lowest BCUT2D eigenvalue weighted by atomic mass is 10.2. The first-order valence-corrected chi connectivity index (χ1v) is 7.40. The van der Waals surface area contributed by atoms with E-state index in [0.717, 1.165) is 14.5 Å². The maximum atomic E-state index is 11.7. The van der Waals surface area contributed by atoms with Crippen LogP contribution in [0.2, 0.25) is 0 Å². The Hall–Kier alpha value is 0.160. The lowest BCUT2D eigenvalue weighted by Gasteiger charge is -2.17. The Morgan fingerprint density at radius 2 is 1.69 bits per heavy atom. The molecular formula is C11H13Br2NOS. The first-order valence-electron chi connectivity index (χ1n) is 4.71. The molecule has 0 aliphatic rings. The lowest BCUT2D eigenvalue weighted by molar-refractivity contribution is 0.562. The summed E-state index contributed by atoms with van der Waals surface area (Å²) >= 11 is 5.57. The minimum atomic E-state index is -1.21. The number of halogens is 2. The highest BCUT2D eigenvalue weighted by Gasteiger charge is 2.25. The van der Waals surface area contributed by atoms with E-state index in [1.807, 2.05) is 39.0 Å². The third kappa shape index (κ3) is 4.57. The Balaban J connectivity index is 2.84. The van der Waals surface area contributed by atoms with E-state index in [0.29, 0.717) is 0 Å². The van der Waals surface area contributed by atoms with Crippen LogP contribution in [-0.2, 0) is 11.4 Å². The van der Waals surface area contributed by atoms with Crippen LogP contribution in [0.4, 0.5) is 0 Å². The highest BCUT2D eigenvalue weighted by atomic mass is 79.9. The van der Waals surface area contributed by atoms with Crippen molar-refractivity contribution in [1.29, 1.82) is 0 Å². The molecule has 0 bridgehead atoms. The maximum Gasteiger partial charge on any atom is 0.144 e.